The molecule has 1 aliphatic heterocycles. The lowest BCUT2D eigenvalue weighted by atomic mass is 9.71. The van der Waals surface area contributed by atoms with Gasteiger partial charge in [-0.1, -0.05) is 6.92 Å². The van der Waals surface area contributed by atoms with E-state index in [-0.39, 0.29) is 5.41 Å². The van der Waals surface area contributed by atoms with Crippen LogP contribution in [0.5, 0.6) is 0 Å². The van der Waals surface area contributed by atoms with Gasteiger partial charge < -0.3 is 9.69 Å². The smallest absolute Gasteiger partial charge is 0.127 e. The fourth-order valence-corrected chi connectivity index (χ4v) is 3.98. The fraction of sp³-hybridized carbons (Fsp3) is 0.929. The Balaban J connectivity index is 1.91. The molecule has 0 atom stereocenters. The maximum atomic E-state index is 11.5. The standard InChI is InChI=1S/C14H25NOS/c1-13-3-5-14(12-16,6-4-13)11-15-7-2-9-17-10-8-15/h12-13H,2-11H2,1H3. The summed E-state index contributed by atoms with van der Waals surface area (Å²) < 4.78 is 0. The summed E-state index contributed by atoms with van der Waals surface area (Å²) in [5, 5.41) is 0. The number of nitrogens with zero attached hydrogens (tertiary/aromatic N) is 1. The Hall–Kier alpha value is -0.0200. The first-order valence-corrected chi connectivity index (χ1v) is 8.16. The summed E-state index contributed by atoms with van der Waals surface area (Å²) in [6.45, 7) is 5.70. The van der Waals surface area contributed by atoms with Gasteiger partial charge in [-0.3, -0.25) is 0 Å². The van der Waals surface area contributed by atoms with Crippen molar-refractivity contribution in [2.45, 2.75) is 39.0 Å². The molecule has 17 heavy (non-hydrogen) atoms. The monoisotopic (exact) mass is 255 g/mol. The van der Waals surface area contributed by atoms with Crippen molar-refractivity contribution in [1.29, 1.82) is 0 Å². The lowest BCUT2D eigenvalue weighted by Crippen LogP contribution is -2.42. The van der Waals surface area contributed by atoms with E-state index < -0.39 is 0 Å². The van der Waals surface area contributed by atoms with Crippen molar-refractivity contribution in [3.05, 3.63) is 0 Å². The maximum Gasteiger partial charge on any atom is 0.127 e. The number of hydrogen-bond acceptors (Lipinski definition) is 3. The molecule has 0 amide bonds. The van der Waals surface area contributed by atoms with Crippen molar-refractivity contribution < 1.29 is 4.79 Å². The van der Waals surface area contributed by atoms with Gasteiger partial charge in [0.15, 0.2) is 0 Å². The first-order chi connectivity index (χ1) is 8.24. The molecule has 1 saturated carbocycles. The SMILES string of the molecule is CC1CCC(C=O)(CN2CCCSCC2)CC1. The minimum atomic E-state index is -0.0124. The number of thioether (sulfide) groups is 1. The summed E-state index contributed by atoms with van der Waals surface area (Å²) in [5.41, 5.74) is -0.0124. The van der Waals surface area contributed by atoms with Gasteiger partial charge in [0.05, 0.1) is 0 Å². The van der Waals surface area contributed by atoms with Gasteiger partial charge in [-0.05, 0) is 50.3 Å². The van der Waals surface area contributed by atoms with Crippen LogP contribution < -0.4 is 0 Å². The van der Waals surface area contributed by atoms with Crippen molar-refractivity contribution in [2.75, 3.05) is 31.1 Å². The molecule has 0 N–H and O–H groups in total. The van der Waals surface area contributed by atoms with E-state index >= 15 is 0 Å². The molecule has 2 nitrogen and oxygen atoms in total. The van der Waals surface area contributed by atoms with Gasteiger partial charge >= 0.3 is 0 Å². The molecule has 0 aromatic carbocycles. The van der Waals surface area contributed by atoms with Crippen molar-refractivity contribution in [3.63, 3.8) is 0 Å². The lowest BCUT2D eigenvalue weighted by molar-refractivity contribution is -0.119. The normalized spacial score (nSPS) is 36.4. The van der Waals surface area contributed by atoms with Crippen molar-refractivity contribution >= 4 is 18.0 Å². The minimum absolute atomic E-state index is 0.0124. The molecule has 0 bridgehead atoms. The van der Waals surface area contributed by atoms with Gasteiger partial charge in [0.1, 0.15) is 6.29 Å². The van der Waals surface area contributed by atoms with Crippen LogP contribution in [0.25, 0.3) is 0 Å². The molecule has 0 aromatic heterocycles. The molecule has 98 valence electrons. The highest BCUT2D eigenvalue weighted by atomic mass is 32.2. The molecule has 1 aliphatic carbocycles. The third-order valence-electron chi connectivity index (χ3n) is 4.37. The largest absolute Gasteiger partial charge is 0.303 e. The van der Waals surface area contributed by atoms with Crippen LogP contribution in [0, 0.1) is 11.3 Å². The molecule has 2 rings (SSSR count). The molecule has 1 heterocycles. The number of rotatable bonds is 3. The Morgan fingerprint density at radius 2 is 2.06 bits per heavy atom. The molecule has 1 saturated heterocycles. The first-order valence-electron chi connectivity index (χ1n) is 7.00. The van der Waals surface area contributed by atoms with Gasteiger partial charge in [-0.2, -0.15) is 11.8 Å². The zero-order valence-corrected chi connectivity index (χ0v) is 11.8. The zero-order valence-electron chi connectivity index (χ0n) is 11.0. The highest BCUT2D eigenvalue weighted by Gasteiger charge is 2.35. The minimum Gasteiger partial charge on any atom is -0.303 e. The predicted octanol–water partition coefficient (Wildman–Crippen LogP) is 2.82. The van der Waals surface area contributed by atoms with Crippen LogP contribution in [-0.2, 0) is 4.79 Å². The summed E-state index contributed by atoms with van der Waals surface area (Å²) in [7, 11) is 0. The zero-order chi connectivity index (χ0) is 12.1. The van der Waals surface area contributed by atoms with Gasteiger partial charge in [0.2, 0.25) is 0 Å². The number of carbonyl (C=O) groups is 1. The van der Waals surface area contributed by atoms with E-state index in [0.29, 0.717) is 0 Å². The third-order valence-corrected chi connectivity index (χ3v) is 5.42. The predicted molar refractivity (Wildman–Crippen MR) is 74.5 cm³/mol. The second-order valence-corrected chi connectivity index (χ2v) is 7.13. The Bertz CT molecular complexity index is 241. The molecule has 3 heteroatoms. The first kappa shape index (κ1) is 13.4. The molecule has 0 spiro atoms. The van der Waals surface area contributed by atoms with Crippen LogP contribution in [0.3, 0.4) is 0 Å². The quantitative estimate of drug-likeness (QED) is 0.723. The molecule has 0 aromatic rings. The molecule has 2 fully saturated rings. The highest BCUT2D eigenvalue weighted by molar-refractivity contribution is 7.99. The highest BCUT2D eigenvalue weighted by Crippen LogP contribution is 2.38. The molecule has 0 radical (unpaired) electrons. The lowest BCUT2D eigenvalue weighted by Gasteiger charge is -2.38. The van der Waals surface area contributed by atoms with Gasteiger partial charge in [-0.25, -0.2) is 0 Å². The van der Waals surface area contributed by atoms with Crippen LogP contribution >= 0.6 is 11.8 Å². The number of aldehydes is 1. The Labute approximate surface area is 110 Å². The van der Waals surface area contributed by atoms with E-state index in [1.54, 1.807) is 0 Å². The summed E-state index contributed by atoms with van der Waals surface area (Å²) >= 11 is 2.06. The Morgan fingerprint density at radius 1 is 1.29 bits per heavy atom. The van der Waals surface area contributed by atoms with Crippen LogP contribution in [0.2, 0.25) is 0 Å². The average Bonchev–Trinajstić information content (AvgIpc) is 2.61. The van der Waals surface area contributed by atoms with Gasteiger partial charge in [0.25, 0.3) is 0 Å². The van der Waals surface area contributed by atoms with E-state index in [1.807, 2.05) is 0 Å². The second kappa shape index (κ2) is 6.24. The average molecular weight is 255 g/mol. The topological polar surface area (TPSA) is 20.3 Å². The Morgan fingerprint density at radius 3 is 2.76 bits per heavy atom. The van der Waals surface area contributed by atoms with Crippen LogP contribution in [-0.4, -0.2) is 42.3 Å². The maximum absolute atomic E-state index is 11.5. The van der Waals surface area contributed by atoms with Crippen LogP contribution in [0.15, 0.2) is 0 Å². The number of carbonyl (C=O) groups excluding carboxylic acids is 1. The van der Waals surface area contributed by atoms with Gasteiger partial charge in [-0.15, -0.1) is 0 Å². The third kappa shape index (κ3) is 3.72. The fourth-order valence-electron chi connectivity index (χ4n) is 3.05. The summed E-state index contributed by atoms with van der Waals surface area (Å²) in [4.78, 5) is 14.0. The molecule has 2 aliphatic rings. The van der Waals surface area contributed by atoms with Crippen molar-refractivity contribution in [2.24, 2.45) is 11.3 Å². The molecular formula is C14H25NOS. The summed E-state index contributed by atoms with van der Waals surface area (Å²) in [6.07, 6.45) is 7.26. The van der Waals surface area contributed by atoms with E-state index in [4.69, 9.17) is 0 Å². The summed E-state index contributed by atoms with van der Waals surface area (Å²) in [6, 6.07) is 0. The van der Waals surface area contributed by atoms with E-state index in [0.717, 1.165) is 25.3 Å². The van der Waals surface area contributed by atoms with E-state index in [1.165, 1.54) is 50.1 Å². The second-order valence-electron chi connectivity index (χ2n) is 5.90. The summed E-state index contributed by atoms with van der Waals surface area (Å²) in [5.74, 6) is 3.36. The van der Waals surface area contributed by atoms with Crippen molar-refractivity contribution in [3.8, 4) is 0 Å². The van der Waals surface area contributed by atoms with Gasteiger partial charge in [0, 0.05) is 24.3 Å². The Kier molecular flexibility index (Phi) is 4.92. The molecule has 0 unspecified atom stereocenters. The molecular weight excluding hydrogens is 230 g/mol. The van der Waals surface area contributed by atoms with E-state index in [2.05, 4.69) is 23.6 Å². The van der Waals surface area contributed by atoms with E-state index in [9.17, 15) is 4.79 Å². The van der Waals surface area contributed by atoms with Crippen LogP contribution in [0.1, 0.15) is 39.0 Å². The van der Waals surface area contributed by atoms with Crippen molar-refractivity contribution in [1.82, 2.24) is 4.90 Å². The van der Waals surface area contributed by atoms with Crippen LogP contribution in [0.4, 0.5) is 0 Å². The number of hydrogen-bond donors (Lipinski definition) is 0.